The highest BCUT2D eigenvalue weighted by Gasteiger charge is 2.16. The van der Waals surface area contributed by atoms with Crippen LogP contribution in [0.3, 0.4) is 0 Å². The zero-order valence-corrected chi connectivity index (χ0v) is 11.6. The van der Waals surface area contributed by atoms with E-state index in [9.17, 15) is 0 Å². The third kappa shape index (κ3) is 1.91. The summed E-state index contributed by atoms with van der Waals surface area (Å²) in [4.78, 5) is 12.1. The summed E-state index contributed by atoms with van der Waals surface area (Å²) in [6.07, 6.45) is 0. The summed E-state index contributed by atoms with van der Waals surface area (Å²) < 4.78 is 9.45. The molecule has 19 heavy (non-hydrogen) atoms. The molecule has 0 atom stereocenters. The van der Waals surface area contributed by atoms with Crippen molar-refractivity contribution in [2.45, 2.75) is 6.92 Å². The summed E-state index contributed by atoms with van der Waals surface area (Å²) in [5.41, 5.74) is 3.45. The predicted octanol–water partition coefficient (Wildman–Crippen LogP) is 2.44. The predicted molar refractivity (Wildman–Crippen MR) is 75.8 cm³/mol. The Labute approximate surface area is 114 Å². The highest BCUT2D eigenvalue weighted by molar-refractivity contribution is 7.10. The van der Waals surface area contributed by atoms with Crippen LogP contribution in [0.1, 0.15) is 5.69 Å². The van der Waals surface area contributed by atoms with Crippen LogP contribution in [0.4, 0.5) is 5.00 Å². The van der Waals surface area contributed by atoms with Gasteiger partial charge in [-0.3, -0.25) is 0 Å². The molecule has 0 aliphatic carbocycles. The fourth-order valence-electron chi connectivity index (χ4n) is 1.93. The second-order valence-corrected chi connectivity index (χ2v) is 4.81. The number of aromatic amines is 1. The molecule has 0 aliphatic rings. The van der Waals surface area contributed by atoms with E-state index in [2.05, 4.69) is 24.6 Å². The number of aryl methyl sites for hydroxylation is 1. The minimum atomic E-state index is 0.555. The van der Waals surface area contributed by atoms with Crippen LogP contribution < -0.4 is 10.1 Å². The molecule has 3 aromatic heterocycles. The molecule has 0 amide bonds. The molecular formula is C12H13N5OS. The first kappa shape index (κ1) is 11.9. The number of anilines is 1. The summed E-state index contributed by atoms with van der Waals surface area (Å²) in [5, 5.41) is 4.12. The van der Waals surface area contributed by atoms with Gasteiger partial charge in [-0.15, -0.1) is 0 Å². The number of hydrogen-bond acceptors (Lipinski definition) is 6. The fraction of sp³-hybridized carbons (Fsp3) is 0.250. The van der Waals surface area contributed by atoms with Crippen molar-refractivity contribution in [3.63, 3.8) is 0 Å². The molecule has 3 rings (SSSR count). The fourth-order valence-corrected chi connectivity index (χ4v) is 2.67. The molecule has 3 aromatic rings. The average molecular weight is 275 g/mol. The molecular weight excluding hydrogens is 262 g/mol. The maximum atomic E-state index is 5.10. The first-order chi connectivity index (χ1) is 9.22. The van der Waals surface area contributed by atoms with Crippen molar-refractivity contribution < 1.29 is 4.74 Å². The molecule has 0 spiro atoms. The van der Waals surface area contributed by atoms with Gasteiger partial charge in [0, 0.05) is 13.1 Å². The lowest BCUT2D eigenvalue weighted by Crippen LogP contribution is -1.89. The molecule has 7 heteroatoms. The molecule has 0 unspecified atom stereocenters. The van der Waals surface area contributed by atoms with Gasteiger partial charge in [-0.1, -0.05) is 0 Å². The Kier molecular flexibility index (Phi) is 2.83. The van der Waals surface area contributed by atoms with E-state index < -0.39 is 0 Å². The Morgan fingerprint density at radius 1 is 1.32 bits per heavy atom. The van der Waals surface area contributed by atoms with Crippen molar-refractivity contribution in [3.8, 4) is 17.3 Å². The number of aromatic nitrogens is 4. The minimum absolute atomic E-state index is 0.555. The maximum absolute atomic E-state index is 5.10. The van der Waals surface area contributed by atoms with E-state index in [4.69, 9.17) is 4.74 Å². The van der Waals surface area contributed by atoms with Gasteiger partial charge in [-0.2, -0.15) is 9.36 Å². The highest BCUT2D eigenvalue weighted by Crippen LogP contribution is 2.33. The monoisotopic (exact) mass is 275 g/mol. The summed E-state index contributed by atoms with van der Waals surface area (Å²) in [6.45, 7) is 1.97. The maximum Gasteiger partial charge on any atom is 0.215 e. The van der Waals surface area contributed by atoms with E-state index in [1.54, 1.807) is 7.11 Å². The summed E-state index contributed by atoms with van der Waals surface area (Å²) in [5.74, 6) is 1.32. The third-order valence-corrected chi connectivity index (χ3v) is 3.81. The number of ether oxygens (including phenoxy) is 1. The van der Waals surface area contributed by atoms with Crippen LogP contribution in [-0.2, 0) is 0 Å². The Bertz CT molecular complexity index is 733. The van der Waals surface area contributed by atoms with Gasteiger partial charge in [0.05, 0.1) is 23.9 Å². The lowest BCUT2D eigenvalue weighted by molar-refractivity contribution is 0.399. The van der Waals surface area contributed by atoms with Crippen LogP contribution in [0.15, 0.2) is 12.1 Å². The van der Waals surface area contributed by atoms with E-state index in [1.807, 2.05) is 26.1 Å². The number of methoxy groups -OCH3 is 1. The standard InChI is InChI=1S/C12H13N5OS/c1-6-9(12(13-2)19-17-6)11-14-7-4-5-8(18-3)15-10(7)16-11/h4-5,13H,1-3H3,(H,14,15,16). The Morgan fingerprint density at radius 2 is 2.16 bits per heavy atom. The van der Waals surface area contributed by atoms with E-state index in [-0.39, 0.29) is 0 Å². The van der Waals surface area contributed by atoms with Crippen molar-refractivity contribution in [2.75, 3.05) is 19.5 Å². The van der Waals surface area contributed by atoms with Crippen molar-refractivity contribution >= 4 is 27.7 Å². The van der Waals surface area contributed by atoms with E-state index in [0.717, 1.165) is 27.6 Å². The zero-order chi connectivity index (χ0) is 13.4. The first-order valence-electron chi connectivity index (χ1n) is 5.78. The van der Waals surface area contributed by atoms with Crippen molar-refractivity contribution in [3.05, 3.63) is 17.8 Å². The Balaban J connectivity index is 2.17. The smallest absolute Gasteiger partial charge is 0.215 e. The van der Waals surface area contributed by atoms with Crippen molar-refractivity contribution in [1.82, 2.24) is 19.3 Å². The molecule has 98 valence electrons. The molecule has 0 aliphatic heterocycles. The molecule has 0 fully saturated rings. The summed E-state index contributed by atoms with van der Waals surface area (Å²) in [6, 6.07) is 3.72. The molecule has 0 aromatic carbocycles. The summed E-state index contributed by atoms with van der Waals surface area (Å²) in [7, 11) is 3.47. The Morgan fingerprint density at radius 3 is 2.89 bits per heavy atom. The Hall–Kier alpha value is -2.15. The average Bonchev–Trinajstić information content (AvgIpc) is 3.00. The van der Waals surface area contributed by atoms with E-state index >= 15 is 0 Å². The van der Waals surface area contributed by atoms with Gasteiger partial charge in [-0.05, 0) is 24.5 Å². The molecule has 0 bridgehead atoms. The number of rotatable bonds is 3. The van der Waals surface area contributed by atoms with E-state index in [1.165, 1.54) is 11.5 Å². The van der Waals surface area contributed by atoms with Gasteiger partial charge in [0.2, 0.25) is 5.88 Å². The van der Waals surface area contributed by atoms with Gasteiger partial charge in [-0.25, -0.2) is 4.98 Å². The SMILES string of the molecule is CNc1snc(C)c1-c1nc2nc(OC)ccc2[nH]1. The van der Waals surface area contributed by atoms with Gasteiger partial charge < -0.3 is 15.0 Å². The number of H-pyrrole nitrogens is 1. The molecule has 3 heterocycles. The van der Waals surface area contributed by atoms with Crippen LogP contribution in [0.2, 0.25) is 0 Å². The normalized spacial score (nSPS) is 10.9. The molecule has 2 N–H and O–H groups in total. The second kappa shape index (κ2) is 4.51. The largest absolute Gasteiger partial charge is 0.481 e. The van der Waals surface area contributed by atoms with Gasteiger partial charge >= 0.3 is 0 Å². The van der Waals surface area contributed by atoms with Crippen LogP contribution in [-0.4, -0.2) is 33.5 Å². The molecule has 0 saturated carbocycles. The molecule has 0 radical (unpaired) electrons. The number of pyridine rings is 1. The van der Waals surface area contributed by atoms with Gasteiger partial charge in [0.15, 0.2) is 5.65 Å². The second-order valence-electron chi connectivity index (χ2n) is 4.03. The van der Waals surface area contributed by atoms with Crippen molar-refractivity contribution in [1.29, 1.82) is 0 Å². The topological polar surface area (TPSA) is 75.7 Å². The molecule has 6 nitrogen and oxygen atoms in total. The highest BCUT2D eigenvalue weighted by atomic mass is 32.1. The van der Waals surface area contributed by atoms with Crippen molar-refractivity contribution in [2.24, 2.45) is 0 Å². The van der Waals surface area contributed by atoms with Crippen LogP contribution >= 0.6 is 11.5 Å². The molecule has 0 saturated heterocycles. The number of nitrogens with zero attached hydrogens (tertiary/aromatic N) is 3. The van der Waals surface area contributed by atoms with Crippen LogP contribution in [0.5, 0.6) is 5.88 Å². The zero-order valence-electron chi connectivity index (χ0n) is 10.8. The minimum Gasteiger partial charge on any atom is -0.481 e. The van der Waals surface area contributed by atoms with E-state index in [0.29, 0.717) is 11.5 Å². The van der Waals surface area contributed by atoms with Gasteiger partial charge in [0.25, 0.3) is 0 Å². The van der Waals surface area contributed by atoms with Gasteiger partial charge in [0.1, 0.15) is 10.8 Å². The quantitative estimate of drug-likeness (QED) is 0.768. The number of hydrogen-bond donors (Lipinski definition) is 2. The third-order valence-electron chi connectivity index (χ3n) is 2.86. The first-order valence-corrected chi connectivity index (χ1v) is 6.55. The van der Waals surface area contributed by atoms with Crippen LogP contribution in [0, 0.1) is 6.92 Å². The van der Waals surface area contributed by atoms with Crippen LogP contribution in [0.25, 0.3) is 22.6 Å². The lowest BCUT2D eigenvalue weighted by Gasteiger charge is -1.98. The lowest BCUT2D eigenvalue weighted by atomic mass is 10.2. The summed E-state index contributed by atoms with van der Waals surface area (Å²) >= 11 is 1.42. The number of fused-ring (bicyclic) bond motifs is 1. The number of imidazole rings is 1. The number of nitrogens with one attached hydrogen (secondary N) is 2.